The molecular formula is C20H21IN2O2. The van der Waals surface area contributed by atoms with Crippen LogP contribution in [-0.4, -0.2) is 30.5 Å². The van der Waals surface area contributed by atoms with Crippen molar-refractivity contribution in [3.8, 4) is 5.75 Å². The molecule has 2 heterocycles. The van der Waals surface area contributed by atoms with Gasteiger partial charge in [0.15, 0.2) is 0 Å². The molecule has 0 aromatic heterocycles. The van der Waals surface area contributed by atoms with E-state index in [4.69, 9.17) is 10.5 Å². The fourth-order valence-electron chi connectivity index (χ4n) is 3.86. The summed E-state index contributed by atoms with van der Waals surface area (Å²) in [7, 11) is 0. The predicted octanol–water partition coefficient (Wildman–Crippen LogP) is 3.32. The van der Waals surface area contributed by atoms with E-state index >= 15 is 0 Å². The number of piperidine rings is 1. The molecule has 2 aromatic rings. The van der Waals surface area contributed by atoms with Gasteiger partial charge in [0.25, 0.3) is 5.91 Å². The molecule has 2 N–H and O–H groups in total. The molecule has 2 aliphatic rings. The highest BCUT2D eigenvalue weighted by Crippen LogP contribution is 2.45. The molecule has 1 amide bonds. The number of fused-ring (bicyclic) bond motifs is 2. The summed E-state index contributed by atoms with van der Waals surface area (Å²) in [6.45, 7) is 2.78. The Kier molecular flexibility index (Phi) is 4.45. The van der Waals surface area contributed by atoms with Crippen molar-refractivity contribution >= 4 is 28.5 Å². The second kappa shape index (κ2) is 6.61. The largest absolute Gasteiger partial charge is 0.492 e. The molecule has 2 aliphatic heterocycles. The number of nitrogens with two attached hydrogens (primary N) is 1. The molecule has 4 rings (SSSR count). The normalized spacial score (nSPS) is 18.1. The van der Waals surface area contributed by atoms with E-state index in [0.29, 0.717) is 13.2 Å². The molecule has 25 heavy (non-hydrogen) atoms. The van der Waals surface area contributed by atoms with Crippen molar-refractivity contribution in [2.45, 2.75) is 24.8 Å². The molecule has 0 aliphatic carbocycles. The van der Waals surface area contributed by atoms with Crippen molar-refractivity contribution < 1.29 is 9.53 Å². The molecule has 0 unspecified atom stereocenters. The SMILES string of the molecule is NCc1ccc2c(c1)C1(CCN(C(=O)c3ccc(I)cc3)CC1)CO2. The van der Waals surface area contributed by atoms with E-state index < -0.39 is 0 Å². The lowest BCUT2D eigenvalue weighted by atomic mass is 9.74. The molecule has 0 bridgehead atoms. The van der Waals surface area contributed by atoms with Crippen LogP contribution in [0.15, 0.2) is 42.5 Å². The minimum absolute atomic E-state index is 0.0311. The number of nitrogens with zero attached hydrogens (tertiary/aromatic N) is 1. The Bertz CT molecular complexity index is 796. The Labute approximate surface area is 161 Å². The van der Waals surface area contributed by atoms with Gasteiger partial charge in [-0.3, -0.25) is 4.79 Å². The average Bonchev–Trinajstić information content (AvgIpc) is 3.00. The van der Waals surface area contributed by atoms with Crippen LogP contribution < -0.4 is 10.5 Å². The highest BCUT2D eigenvalue weighted by molar-refractivity contribution is 14.1. The van der Waals surface area contributed by atoms with Crippen LogP contribution in [0.3, 0.4) is 0 Å². The molecule has 0 saturated carbocycles. The monoisotopic (exact) mass is 448 g/mol. The second-order valence-corrected chi connectivity index (χ2v) is 8.15. The quantitative estimate of drug-likeness (QED) is 0.718. The maximum absolute atomic E-state index is 12.7. The topological polar surface area (TPSA) is 55.6 Å². The van der Waals surface area contributed by atoms with Gasteiger partial charge in [0.1, 0.15) is 5.75 Å². The lowest BCUT2D eigenvalue weighted by Crippen LogP contribution is -2.46. The van der Waals surface area contributed by atoms with Crippen molar-refractivity contribution in [1.29, 1.82) is 0 Å². The van der Waals surface area contributed by atoms with E-state index in [0.717, 1.165) is 46.4 Å². The van der Waals surface area contributed by atoms with Gasteiger partial charge in [-0.1, -0.05) is 12.1 Å². The molecule has 2 aromatic carbocycles. The summed E-state index contributed by atoms with van der Waals surface area (Å²) >= 11 is 2.25. The van der Waals surface area contributed by atoms with Crippen molar-refractivity contribution in [3.05, 3.63) is 62.7 Å². The summed E-state index contributed by atoms with van der Waals surface area (Å²) in [4.78, 5) is 14.7. The number of halogens is 1. The van der Waals surface area contributed by atoms with E-state index in [9.17, 15) is 4.79 Å². The fraction of sp³-hybridized carbons (Fsp3) is 0.350. The van der Waals surface area contributed by atoms with Gasteiger partial charge in [-0.15, -0.1) is 0 Å². The van der Waals surface area contributed by atoms with Gasteiger partial charge in [-0.25, -0.2) is 0 Å². The first-order chi connectivity index (χ1) is 12.1. The second-order valence-electron chi connectivity index (χ2n) is 6.90. The van der Waals surface area contributed by atoms with Crippen molar-refractivity contribution in [2.24, 2.45) is 5.73 Å². The molecule has 130 valence electrons. The first kappa shape index (κ1) is 16.8. The molecular weight excluding hydrogens is 427 g/mol. The number of carbonyl (C=O) groups excluding carboxylic acids is 1. The van der Waals surface area contributed by atoms with Crippen molar-refractivity contribution in [3.63, 3.8) is 0 Å². The summed E-state index contributed by atoms with van der Waals surface area (Å²) in [6.07, 6.45) is 1.87. The minimum atomic E-state index is 0.0311. The van der Waals surface area contributed by atoms with Crippen LogP contribution in [0.1, 0.15) is 34.3 Å². The Morgan fingerprint density at radius 2 is 1.88 bits per heavy atom. The van der Waals surface area contributed by atoms with Crippen molar-refractivity contribution in [2.75, 3.05) is 19.7 Å². The van der Waals surface area contributed by atoms with E-state index in [1.165, 1.54) is 5.56 Å². The molecule has 1 saturated heterocycles. The first-order valence-electron chi connectivity index (χ1n) is 8.62. The van der Waals surface area contributed by atoms with E-state index in [2.05, 4.69) is 28.7 Å². The van der Waals surface area contributed by atoms with Gasteiger partial charge in [0, 0.05) is 39.7 Å². The molecule has 0 atom stereocenters. The van der Waals surface area contributed by atoms with E-state index in [1.54, 1.807) is 0 Å². The van der Waals surface area contributed by atoms with Crippen LogP contribution in [0.25, 0.3) is 0 Å². The van der Waals surface area contributed by atoms with Crippen LogP contribution in [0.5, 0.6) is 5.75 Å². The lowest BCUT2D eigenvalue weighted by Gasteiger charge is -2.38. The van der Waals surface area contributed by atoms with Gasteiger partial charge < -0.3 is 15.4 Å². The molecule has 0 radical (unpaired) electrons. The molecule has 1 spiro atoms. The summed E-state index contributed by atoms with van der Waals surface area (Å²) in [6, 6.07) is 14.1. The molecule has 4 nitrogen and oxygen atoms in total. The number of hydrogen-bond donors (Lipinski definition) is 1. The van der Waals surface area contributed by atoms with Crippen molar-refractivity contribution in [1.82, 2.24) is 4.90 Å². The Balaban J connectivity index is 1.51. The van der Waals surface area contributed by atoms with Crippen LogP contribution in [-0.2, 0) is 12.0 Å². The molecule has 1 fully saturated rings. The zero-order chi connectivity index (χ0) is 17.4. The Morgan fingerprint density at radius 1 is 1.16 bits per heavy atom. The highest BCUT2D eigenvalue weighted by atomic mass is 127. The fourth-order valence-corrected chi connectivity index (χ4v) is 4.22. The highest BCUT2D eigenvalue weighted by Gasteiger charge is 2.43. The zero-order valence-corrected chi connectivity index (χ0v) is 16.2. The maximum atomic E-state index is 12.7. The van der Waals surface area contributed by atoms with Crippen LogP contribution >= 0.6 is 22.6 Å². The zero-order valence-electron chi connectivity index (χ0n) is 14.0. The third-order valence-electron chi connectivity index (χ3n) is 5.45. The third-order valence-corrected chi connectivity index (χ3v) is 6.17. The number of hydrogen-bond acceptors (Lipinski definition) is 3. The third kappa shape index (κ3) is 3.04. The van der Waals surface area contributed by atoms with Gasteiger partial charge in [0.2, 0.25) is 0 Å². The number of ether oxygens (including phenoxy) is 1. The van der Waals surface area contributed by atoms with Crippen LogP contribution in [0.4, 0.5) is 0 Å². The smallest absolute Gasteiger partial charge is 0.253 e. The number of benzene rings is 2. The van der Waals surface area contributed by atoms with Gasteiger partial charge in [-0.2, -0.15) is 0 Å². The number of amides is 1. The lowest BCUT2D eigenvalue weighted by molar-refractivity contribution is 0.0646. The number of likely N-dealkylation sites (tertiary alicyclic amines) is 1. The Morgan fingerprint density at radius 3 is 2.56 bits per heavy atom. The maximum Gasteiger partial charge on any atom is 0.253 e. The van der Waals surface area contributed by atoms with Gasteiger partial charge in [-0.05, 0) is 71.3 Å². The average molecular weight is 448 g/mol. The Hall–Kier alpha value is -1.60. The number of carbonyl (C=O) groups is 1. The van der Waals surface area contributed by atoms with Gasteiger partial charge in [0.05, 0.1) is 6.61 Å². The standard InChI is InChI=1S/C20H21IN2O2/c21-16-4-2-15(3-5-16)19(24)23-9-7-20(8-10-23)13-25-18-6-1-14(12-22)11-17(18)20/h1-6,11H,7-10,12-13,22H2. The summed E-state index contributed by atoms with van der Waals surface area (Å²) in [5.74, 6) is 1.11. The summed E-state index contributed by atoms with van der Waals surface area (Å²) < 4.78 is 7.08. The van der Waals surface area contributed by atoms with E-state index in [1.807, 2.05) is 41.3 Å². The minimum Gasteiger partial charge on any atom is -0.492 e. The van der Waals surface area contributed by atoms with E-state index in [-0.39, 0.29) is 11.3 Å². The predicted molar refractivity (Wildman–Crippen MR) is 106 cm³/mol. The molecule has 5 heteroatoms. The van der Waals surface area contributed by atoms with Gasteiger partial charge >= 0.3 is 0 Å². The number of rotatable bonds is 2. The summed E-state index contributed by atoms with van der Waals surface area (Å²) in [5.41, 5.74) is 9.02. The van der Waals surface area contributed by atoms with Crippen LogP contribution in [0, 0.1) is 3.57 Å². The summed E-state index contributed by atoms with van der Waals surface area (Å²) in [5, 5.41) is 0. The first-order valence-corrected chi connectivity index (χ1v) is 9.70. The van der Waals surface area contributed by atoms with Crippen LogP contribution in [0.2, 0.25) is 0 Å².